The molecule has 1 aliphatic rings. The average Bonchev–Trinajstić information content (AvgIpc) is 2.64. The summed E-state index contributed by atoms with van der Waals surface area (Å²) in [6, 6.07) is 12.8. The first-order valence-corrected chi connectivity index (χ1v) is 10.1. The van der Waals surface area contributed by atoms with E-state index in [1.165, 1.54) is 16.4 Å². The number of hydrogen-bond donors (Lipinski definition) is 1. The number of benzene rings is 2. The zero-order valence-electron chi connectivity index (χ0n) is 14.4. The first-order chi connectivity index (χ1) is 12.4. The monoisotopic (exact) mass is 393 g/mol. The van der Waals surface area contributed by atoms with Crippen molar-refractivity contribution in [1.82, 2.24) is 9.21 Å². The summed E-state index contributed by atoms with van der Waals surface area (Å²) in [5, 5.41) is 3.80. The maximum absolute atomic E-state index is 13.0. The van der Waals surface area contributed by atoms with Crippen LogP contribution in [0.2, 0.25) is 0 Å². The lowest BCUT2D eigenvalue weighted by Crippen LogP contribution is -2.51. The van der Waals surface area contributed by atoms with Crippen molar-refractivity contribution < 1.29 is 12.8 Å². The van der Waals surface area contributed by atoms with Crippen LogP contribution in [-0.4, -0.2) is 48.9 Å². The summed E-state index contributed by atoms with van der Waals surface area (Å²) in [6.07, 6.45) is 0. The lowest BCUT2D eigenvalue weighted by Gasteiger charge is -2.35. The van der Waals surface area contributed by atoms with Gasteiger partial charge in [-0.2, -0.15) is 4.31 Å². The van der Waals surface area contributed by atoms with E-state index in [1.807, 2.05) is 36.1 Å². The number of rotatable bonds is 3. The van der Waals surface area contributed by atoms with Gasteiger partial charge in [0, 0.05) is 31.9 Å². The lowest BCUT2D eigenvalue weighted by atomic mass is 10.2. The highest BCUT2D eigenvalue weighted by molar-refractivity contribution is 7.89. The molecular formula is C18H20FN3O2S2. The van der Waals surface area contributed by atoms with Gasteiger partial charge in [0.25, 0.3) is 0 Å². The summed E-state index contributed by atoms with van der Waals surface area (Å²) >= 11 is 5.46. The maximum Gasteiger partial charge on any atom is 0.243 e. The standard InChI is InChI=1S/C18H20FN3O2S2/c1-14-4-2-3-5-17(14)20-18(25)21-10-12-22(13-11-21)26(23,24)16-8-6-15(19)7-9-16/h2-9H,10-13H2,1H3,(H,20,25). The van der Waals surface area contributed by atoms with Crippen LogP contribution >= 0.6 is 12.2 Å². The van der Waals surface area contributed by atoms with Gasteiger partial charge in [0.1, 0.15) is 5.82 Å². The van der Waals surface area contributed by atoms with E-state index in [0.29, 0.717) is 31.3 Å². The van der Waals surface area contributed by atoms with Gasteiger partial charge in [-0.25, -0.2) is 12.8 Å². The van der Waals surface area contributed by atoms with Crippen LogP contribution < -0.4 is 5.32 Å². The van der Waals surface area contributed by atoms with Crippen LogP contribution in [0.1, 0.15) is 5.56 Å². The summed E-state index contributed by atoms with van der Waals surface area (Å²) in [4.78, 5) is 2.06. The zero-order valence-corrected chi connectivity index (χ0v) is 16.0. The Kier molecular flexibility index (Phi) is 5.55. The van der Waals surface area contributed by atoms with Crippen molar-refractivity contribution >= 4 is 33.0 Å². The van der Waals surface area contributed by atoms with Gasteiger partial charge in [0.15, 0.2) is 5.11 Å². The van der Waals surface area contributed by atoms with Crippen LogP contribution in [-0.2, 0) is 10.0 Å². The van der Waals surface area contributed by atoms with Gasteiger partial charge in [-0.15, -0.1) is 0 Å². The average molecular weight is 394 g/mol. The largest absolute Gasteiger partial charge is 0.346 e. The molecule has 0 amide bonds. The molecule has 0 unspecified atom stereocenters. The van der Waals surface area contributed by atoms with E-state index in [2.05, 4.69) is 5.32 Å². The summed E-state index contributed by atoms with van der Waals surface area (Å²) in [5.74, 6) is -0.457. The predicted molar refractivity (Wildman–Crippen MR) is 104 cm³/mol. The van der Waals surface area contributed by atoms with Gasteiger partial charge in [-0.1, -0.05) is 18.2 Å². The Labute approximate surface area is 158 Å². The third-order valence-corrected chi connectivity index (χ3v) is 6.64. The zero-order chi connectivity index (χ0) is 18.7. The molecule has 0 spiro atoms. The van der Waals surface area contributed by atoms with Gasteiger partial charge in [0.2, 0.25) is 10.0 Å². The molecule has 1 aliphatic heterocycles. The van der Waals surface area contributed by atoms with Crippen LogP contribution in [0, 0.1) is 12.7 Å². The van der Waals surface area contributed by atoms with E-state index in [9.17, 15) is 12.8 Å². The molecule has 1 fully saturated rings. The summed E-state index contributed by atoms with van der Waals surface area (Å²) < 4.78 is 39.7. The number of para-hydroxylation sites is 1. The first kappa shape index (κ1) is 18.8. The Morgan fingerprint density at radius 3 is 2.27 bits per heavy atom. The molecule has 0 aromatic heterocycles. The van der Waals surface area contributed by atoms with Gasteiger partial charge in [0.05, 0.1) is 4.90 Å². The fourth-order valence-electron chi connectivity index (χ4n) is 2.79. The molecule has 0 saturated carbocycles. The fourth-order valence-corrected chi connectivity index (χ4v) is 4.51. The highest BCUT2D eigenvalue weighted by Gasteiger charge is 2.29. The highest BCUT2D eigenvalue weighted by atomic mass is 32.2. The number of piperazine rings is 1. The molecule has 0 atom stereocenters. The van der Waals surface area contributed by atoms with Crippen molar-refractivity contribution in [3.63, 3.8) is 0 Å². The number of nitrogens with zero attached hydrogens (tertiary/aromatic N) is 2. The number of hydrogen-bond acceptors (Lipinski definition) is 3. The molecule has 1 heterocycles. The third-order valence-electron chi connectivity index (χ3n) is 4.36. The van der Waals surface area contributed by atoms with Crippen molar-refractivity contribution in [3.05, 3.63) is 59.9 Å². The Morgan fingerprint density at radius 1 is 1.04 bits per heavy atom. The maximum atomic E-state index is 13.0. The van der Waals surface area contributed by atoms with Crippen molar-refractivity contribution in [2.45, 2.75) is 11.8 Å². The van der Waals surface area contributed by atoms with Crippen LogP contribution in [0.5, 0.6) is 0 Å². The molecule has 0 bridgehead atoms. The second-order valence-corrected chi connectivity index (χ2v) is 8.41. The van der Waals surface area contributed by atoms with Crippen LogP contribution in [0.4, 0.5) is 10.1 Å². The molecule has 1 saturated heterocycles. The summed E-state index contributed by atoms with van der Waals surface area (Å²) in [7, 11) is -3.62. The van der Waals surface area contributed by atoms with Crippen molar-refractivity contribution in [1.29, 1.82) is 0 Å². The van der Waals surface area contributed by atoms with Gasteiger partial charge < -0.3 is 10.2 Å². The molecule has 0 radical (unpaired) electrons. The molecule has 138 valence electrons. The van der Waals surface area contributed by atoms with Crippen LogP contribution in [0.15, 0.2) is 53.4 Å². The molecule has 5 nitrogen and oxygen atoms in total. The SMILES string of the molecule is Cc1ccccc1NC(=S)N1CCN(S(=O)(=O)c2ccc(F)cc2)CC1. The second-order valence-electron chi connectivity index (χ2n) is 6.09. The quantitative estimate of drug-likeness (QED) is 0.813. The Bertz CT molecular complexity index is 893. The Balaban J connectivity index is 1.62. The van der Waals surface area contributed by atoms with Gasteiger partial charge >= 0.3 is 0 Å². The van der Waals surface area contributed by atoms with E-state index in [-0.39, 0.29) is 4.90 Å². The number of sulfonamides is 1. The molecule has 0 aliphatic carbocycles. The fraction of sp³-hybridized carbons (Fsp3) is 0.278. The van der Waals surface area contributed by atoms with E-state index in [1.54, 1.807) is 0 Å². The van der Waals surface area contributed by atoms with E-state index in [0.717, 1.165) is 23.4 Å². The van der Waals surface area contributed by atoms with E-state index >= 15 is 0 Å². The molecular weight excluding hydrogens is 373 g/mol. The molecule has 1 N–H and O–H groups in total. The predicted octanol–water partition coefficient (Wildman–Crippen LogP) is 2.84. The van der Waals surface area contributed by atoms with Gasteiger partial charge in [-0.3, -0.25) is 0 Å². The number of aryl methyl sites for hydroxylation is 1. The minimum Gasteiger partial charge on any atom is -0.346 e. The van der Waals surface area contributed by atoms with Crippen LogP contribution in [0.3, 0.4) is 0 Å². The Hall–Kier alpha value is -2.03. The smallest absolute Gasteiger partial charge is 0.243 e. The molecule has 8 heteroatoms. The third kappa shape index (κ3) is 4.03. The minimum atomic E-state index is -3.62. The van der Waals surface area contributed by atoms with Crippen molar-refractivity contribution in [2.24, 2.45) is 0 Å². The molecule has 26 heavy (non-hydrogen) atoms. The molecule has 2 aromatic rings. The molecule has 3 rings (SSSR count). The normalized spacial score (nSPS) is 15.7. The number of halogens is 1. The van der Waals surface area contributed by atoms with E-state index < -0.39 is 15.8 Å². The Morgan fingerprint density at radius 2 is 1.65 bits per heavy atom. The van der Waals surface area contributed by atoms with Crippen molar-refractivity contribution in [3.8, 4) is 0 Å². The second kappa shape index (κ2) is 7.69. The number of thiocarbonyl (C=S) groups is 1. The molecule has 2 aromatic carbocycles. The van der Waals surface area contributed by atoms with E-state index in [4.69, 9.17) is 12.2 Å². The summed E-state index contributed by atoms with van der Waals surface area (Å²) in [5.41, 5.74) is 2.03. The number of anilines is 1. The van der Waals surface area contributed by atoms with Gasteiger partial charge in [-0.05, 0) is 55.0 Å². The summed E-state index contributed by atoms with van der Waals surface area (Å²) in [6.45, 7) is 3.65. The van der Waals surface area contributed by atoms with Crippen LogP contribution in [0.25, 0.3) is 0 Å². The minimum absolute atomic E-state index is 0.105. The number of nitrogens with one attached hydrogen (secondary N) is 1. The lowest BCUT2D eigenvalue weighted by molar-refractivity contribution is 0.268. The van der Waals surface area contributed by atoms with Crippen molar-refractivity contribution in [2.75, 3.05) is 31.5 Å². The topological polar surface area (TPSA) is 52.6 Å². The highest BCUT2D eigenvalue weighted by Crippen LogP contribution is 2.19. The first-order valence-electron chi connectivity index (χ1n) is 8.25.